The average molecular weight is 228 g/mol. The summed E-state index contributed by atoms with van der Waals surface area (Å²) in [5, 5.41) is 11.6. The molecule has 1 aromatic carbocycles. The molecular weight excluding hydrogens is 214 g/mol. The molecule has 1 rings (SSSR count). The molecule has 82 valence electrons. The molecule has 1 aromatic rings. The lowest BCUT2D eigenvalue weighted by atomic mass is 9.85. The molecule has 0 aliphatic rings. The number of nitrogens with one attached hydrogen (secondary N) is 1. The predicted molar refractivity (Wildman–Crippen MR) is 60.5 cm³/mol. The van der Waals surface area contributed by atoms with Crippen molar-refractivity contribution in [3.8, 4) is 0 Å². The summed E-state index contributed by atoms with van der Waals surface area (Å²) in [6.45, 7) is 4.34. The van der Waals surface area contributed by atoms with Crippen molar-refractivity contribution in [1.29, 1.82) is 0 Å². The standard InChI is InChI=1S/C11H14ClNO2/c1-11(2,7-13-10(14)15)8-3-5-9(12)6-4-8/h3-6,13H,7H2,1-2H3,(H,14,15). The Morgan fingerprint density at radius 1 is 1.40 bits per heavy atom. The maximum atomic E-state index is 10.4. The lowest BCUT2D eigenvalue weighted by molar-refractivity contribution is 0.192. The second-order valence-electron chi connectivity index (χ2n) is 4.05. The first-order valence-corrected chi connectivity index (χ1v) is 5.02. The summed E-state index contributed by atoms with van der Waals surface area (Å²) in [6, 6.07) is 7.43. The molecule has 0 fully saturated rings. The molecule has 0 aromatic heterocycles. The fraction of sp³-hybridized carbons (Fsp3) is 0.364. The molecule has 0 spiro atoms. The van der Waals surface area contributed by atoms with E-state index in [4.69, 9.17) is 16.7 Å². The molecule has 0 unspecified atom stereocenters. The molecule has 15 heavy (non-hydrogen) atoms. The molecule has 4 heteroatoms. The Bertz CT molecular complexity index is 346. The Kier molecular flexibility index (Phi) is 3.58. The number of halogens is 1. The molecule has 1 amide bonds. The smallest absolute Gasteiger partial charge is 0.404 e. The predicted octanol–water partition coefficient (Wildman–Crippen LogP) is 2.89. The van der Waals surface area contributed by atoms with Crippen LogP contribution in [-0.2, 0) is 5.41 Å². The summed E-state index contributed by atoms with van der Waals surface area (Å²) in [4.78, 5) is 10.4. The van der Waals surface area contributed by atoms with Crippen molar-refractivity contribution >= 4 is 17.7 Å². The molecule has 0 saturated carbocycles. The molecule has 0 heterocycles. The van der Waals surface area contributed by atoms with Crippen molar-refractivity contribution in [2.75, 3.05) is 6.54 Å². The Morgan fingerprint density at radius 2 is 1.93 bits per heavy atom. The van der Waals surface area contributed by atoms with Gasteiger partial charge < -0.3 is 10.4 Å². The Hall–Kier alpha value is -1.22. The Morgan fingerprint density at radius 3 is 2.40 bits per heavy atom. The minimum Gasteiger partial charge on any atom is -0.465 e. The molecule has 0 aliphatic carbocycles. The van der Waals surface area contributed by atoms with Crippen molar-refractivity contribution in [2.24, 2.45) is 0 Å². The summed E-state index contributed by atoms with van der Waals surface area (Å²) >= 11 is 5.78. The number of hydrogen-bond donors (Lipinski definition) is 2. The molecule has 2 N–H and O–H groups in total. The first-order chi connectivity index (χ1) is 6.92. The van der Waals surface area contributed by atoms with E-state index in [1.807, 2.05) is 26.0 Å². The average Bonchev–Trinajstić information content (AvgIpc) is 2.16. The Labute approximate surface area is 94.1 Å². The van der Waals surface area contributed by atoms with Crippen LogP contribution in [0.15, 0.2) is 24.3 Å². The van der Waals surface area contributed by atoms with Gasteiger partial charge in [-0.25, -0.2) is 4.79 Å². The van der Waals surface area contributed by atoms with Gasteiger partial charge in [0.25, 0.3) is 0 Å². The number of carbonyl (C=O) groups is 1. The van der Waals surface area contributed by atoms with Crippen molar-refractivity contribution < 1.29 is 9.90 Å². The van der Waals surface area contributed by atoms with E-state index < -0.39 is 6.09 Å². The van der Waals surface area contributed by atoms with E-state index in [-0.39, 0.29) is 5.41 Å². The third-order valence-electron chi connectivity index (χ3n) is 2.31. The lowest BCUT2D eigenvalue weighted by Crippen LogP contribution is -2.35. The first-order valence-electron chi connectivity index (χ1n) is 4.65. The second kappa shape index (κ2) is 4.53. The van der Waals surface area contributed by atoms with Crippen LogP contribution in [-0.4, -0.2) is 17.7 Å². The van der Waals surface area contributed by atoms with E-state index >= 15 is 0 Å². The van der Waals surface area contributed by atoms with Crippen LogP contribution >= 0.6 is 11.6 Å². The third-order valence-corrected chi connectivity index (χ3v) is 2.56. The van der Waals surface area contributed by atoms with Gasteiger partial charge in [0, 0.05) is 17.0 Å². The van der Waals surface area contributed by atoms with Crippen LogP contribution in [0.3, 0.4) is 0 Å². The van der Waals surface area contributed by atoms with Crippen molar-refractivity contribution in [3.05, 3.63) is 34.9 Å². The van der Waals surface area contributed by atoms with Crippen molar-refractivity contribution in [1.82, 2.24) is 5.32 Å². The maximum Gasteiger partial charge on any atom is 0.404 e. The molecule has 0 saturated heterocycles. The summed E-state index contributed by atoms with van der Waals surface area (Å²) in [6.07, 6.45) is -1.00. The van der Waals surface area contributed by atoms with Gasteiger partial charge >= 0.3 is 6.09 Å². The molecule has 0 atom stereocenters. The summed E-state index contributed by atoms with van der Waals surface area (Å²) in [7, 11) is 0. The van der Waals surface area contributed by atoms with Crippen LogP contribution in [0, 0.1) is 0 Å². The van der Waals surface area contributed by atoms with Gasteiger partial charge in [0.1, 0.15) is 0 Å². The van der Waals surface area contributed by atoms with Crippen LogP contribution in [0.2, 0.25) is 5.02 Å². The summed E-state index contributed by atoms with van der Waals surface area (Å²) in [5.41, 5.74) is 0.823. The highest BCUT2D eigenvalue weighted by atomic mass is 35.5. The Balaban J connectivity index is 2.76. The second-order valence-corrected chi connectivity index (χ2v) is 4.49. The topological polar surface area (TPSA) is 49.3 Å². The van der Waals surface area contributed by atoms with Gasteiger partial charge in [-0.15, -0.1) is 0 Å². The molecule has 0 aliphatic heterocycles. The van der Waals surface area contributed by atoms with Gasteiger partial charge in [0.15, 0.2) is 0 Å². The van der Waals surface area contributed by atoms with Crippen LogP contribution in [0.5, 0.6) is 0 Å². The van der Waals surface area contributed by atoms with Crippen LogP contribution < -0.4 is 5.32 Å². The van der Waals surface area contributed by atoms with Gasteiger partial charge in [-0.05, 0) is 17.7 Å². The zero-order valence-electron chi connectivity index (χ0n) is 8.75. The highest BCUT2D eigenvalue weighted by molar-refractivity contribution is 6.30. The lowest BCUT2D eigenvalue weighted by Gasteiger charge is -2.24. The van der Waals surface area contributed by atoms with E-state index in [1.54, 1.807) is 12.1 Å². The van der Waals surface area contributed by atoms with E-state index in [9.17, 15) is 4.79 Å². The van der Waals surface area contributed by atoms with Crippen LogP contribution in [0.1, 0.15) is 19.4 Å². The van der Waals surface area contributed by atoms with Gasteiger partial charge in [0.2, 0.25) is 0 Å². The largest absolute Gasteiger partial charge is 0.465 e. The zero-order chi connectivity index (χ0) is 11.5. The summed E-state index contributed by atoms with van der Waals surface area (Å²) < 4.78 is 0. The first kappa shape index (κ1) is 11.9. The molecule has 0 radical (unpaired) electrons. The highest BCUT2D eigenvalue weighted by Crippen LogP contribution is 2.23. The monoisotopic (exact) mass is 227 g/mol. The van der Waals surface area contributed by atoms with E-state index in [1.165, 1.54) is 0 Å². The number of hydrogen-bond acceptors (Lipinski definition) is 1. The normalized spacial score (nSPS) is 11.1. The maximum absolute atomic E-state index is 10.4. The number of carboxylic acid groups (broad SMARTS) is 1. The molecule has 3 nitrogen and oxygen atoms in total. The summed E-state index contributed by atoms with van der Waals surface area (Å²) in [5.74, 6) is 0. The number of amides is 1. The van der Waals surface area contributed by atoms with Crippen LogP contribution in [0.25, 0.3) is 0 Å². The quantitative estimate of drug-likeness (QED) is 0.834. The fourth-order valence-electron chi connectivity index (χ4n) is 1.30. The number of rotatable bonds is 3. The van der Waals surface area contributed by atoms with Gasteiger partial charge in [-0.3, -0.25) is 0 Å². The minimum atomic E-state index is -1.00. The number of benzene rings is 1. The minimum absolute atomic E-state index is 0.233. The zero-order valence-corrected chi connectivity index (χ0v) is 9.51. The van der Waals surface area contributed by atoms with Crippen molar-refractivity contribution in [2.45, 2.75) is 19.3 Å². The van der Waals surface area contributed by atoms with E-state index in [0.29, 0.717) is 11.6 Å². The third kappa shape index (κ3) is 3.44. The van der Waals surface area contributed by atoms with Crippen molar-refractivity contribution in [3.63, 3.8) is 0 Å². The SMILES string of the molecule is CC(C)(CNC(=O)O)c1ccc(Cl)cc1. The highest BCUT2D eigenvalue weighted by Gasteiger charge is 2.20. The van der Waals surface area contributed by atoms with Gasteiger partial charge in [-0.1, -0.05) is 37.6 Å². The van der Waals surface area contributed by atoms with Gasteiger partial charge in [-0.2, -0.15) is 0 Å². The fourth-order valence-corrected chi connectivity index (χ4v) is 1.43. The van der Waals surface area contributed by atoms with Crippen LogP contribution in [0.4, 0.5) is 4.79 Å². The molecule has 0 bridgehead atoms. The van der Waals surface area contributed by atoms with E-state index in [2.05, 4.69) is 5.32 Å². The van der Waals surface area contributed by atoms with Gasteiger partial charge in [0.05, 0.1) is 0 Å². The van der Waals surface area contributed by atoms with E-state index in [0.717, 1.165) is 5.56 Å². The molecular formula is C11H14ClNO2.